The van der Waals surface area contributed by atoms with Crippen LogP contribution in [0, 0.1) is 23.2 Å². The van der Waals surface area contributed by atoms with Crippen LogP contribution < -0.4 is 9.46 Å². The number of esters is 1. The largest absolute Gasteiger partial charge is 0.618 e. The maximum Gasteiger partial charge on any atom is 0.412 e. The summed E-state index contributed by atoms with van der Waals surface area (Å²) in [6.07, 6.45) is 4.33. The molecule has 0 aliphatic rings. The smallest absolute Gasteiger partial charge is 0.412 e. The lowest BCUT2D eigenvalue weighted by Crippen LogP contribution is -2.47. The molecule has 2 aromatic heterocycles. The Labute approximate surface area is 164 Å². The third-order valence-corrected chi connectivity index (χ3v) is 4.52. The van der Waals surface area contributed by atoms with Gasteiger partial charge in [0, 0.05) is 25.4 Å². The molecule has 0 N–H and O–H groups in total. The molecule has 0 atom stereocenters. The number of nitrogens with zero attached hydrogens (tertiary/aromatic N) is 4. The Balaban J connectivity index is 1.77. The summed E-state index contributed by atoms with van der Waals surface area (Å²) < 4.78 is 21.8. The average molecular weight is 394 g/mol. The minimum Gasteiger partial charge on any atom is -0.618 e. The molecule has 0 aliphatic carbocycles. The van der Waals surface area contributed by atoms with Gasteiger partial charge in [-0.3, -0.25) is 0 Å². The van der Waals surface area contributed by atoms with E-state index in [0.717, 1.165) is 11.6 Å². The van der Waals surface area contributed by atoms with Crippen molar-refractivity contribution in [3.63, 3.8) is 0 Å². The zero-order chi connectivity index (χ0) is 20.5. The van der Waals surface area contributed by atoms with Crippen LogP contribution in [-0.4, -0.2) is 15.5 Å². The molecule has 0 unspecified atom stereocenters. The molecule has 29 heavy (non-hydrogen) atoms. The van der Waals surface area contributed by atoms with Gasteiger partial charge >= 0.3 is 11.7 Å². The van der Waals surface area contributed by atoms with E-state index < -0.39 is 17.5 Å². The third-order valence-electron chi connectivity index (χ3n) is 4.52. The van der Waals surface area contributed by atoms with Crippen molar-refractivity contribution >= 4 is 17.0 Å². The Hall–Kier alpha value is -4.01. The zero-order valence-corrected chi connectivity index (χ0v) is 15.3. The molecular formula is C20H15FN4O4. The highest BCUT2D eigenvalue weighted by atomic mass is 19.1. The normalized spacial score (nSPS) is 11.0. The molecule has 0 amide bonds. The van der Waals surface area contributed by atoms with E-state index >= 15 is 0 Å². The van der Waals surface area contributed by atoms with E-state index in [1.165, 1.54) is 36.3 Å². The molecular weight excluding hydrogens is 379 g/mol. The van der Waals surface area contributed by atoms with Crippen LogP contribution in [0.1, 0.15) is 21.7 Å². The molecule has 0 spiro atoms. The minimum atomic E-state index is -0.966. The molecule has 146 valence electrons. The first kappa shape index (κ1) is 18.4. The molecule has 0 aliphatic heterocycles. The number of benzene rings is 2. The van der Waals surface area contributed by atoms with Gasteiger partial charge < -0.3 is 19.7 Å². The number of carbonyl (C=O) groups excluding carboxylic acids is 1. The molecule has 4 rings (SSSR count). The number of hydrogen-bond donors (Lipinski definition) is 0. The number of hydrogen-bond acceptors (Lipinski definition) is 5. The van der Waals surface area contributed by atoms with Crippen LogP contribution >= 0.6 is 0 Å². The molecule has 4 aromatic rings. The summed E-state index contributed by atoms with van der Waals surface area (Å²) >= 11 is 0. The number of carbonyl (C=O) groups is 1. The Kier molecular flexibility index (Phi) is 4.55. The van der Waals surface area contributed by atoms with E-state index in [1.54, 1.807) is 24.3 Å². The number of aromatic nitrogens is 4. The summed E-state index contributed by atoms with van der Waals surface area (Å²) in [5.74, 6) is -1.71. The predicted molar refractivity (Wildman–Crippen MR) is 99.2 cm³/mol. The van der Waals surface area contributed by atoms with E-state index in [4.69, 9.17) is 4.74 Å². The Morgan fingerprint density at radius 1 is 1.17 bits per heavy atom. The van der Waals surface area contributed by atoms with Crippen LogP contribution in [0.2, 0.25) is 0 Å². The van der Waals surface area contributed by atoms with Crippen molar-refractivity contribution in [1.29, 1.82) is 0 Å². The van der Waals surface area contributed by atoms with Crippen LogP contribution in [0.4, 0.5) is 4.39 Å². The summed E-state index contributed by atoms with van der Waals surface area (Å²) in [7, 11) is 0. The highest BCUT2D eigenvalue weighted by Crippen LogP contribution is 2.19. The summed E-state index contributed by atoms with van der Waals surface area (Å²) in [5, 5.41) is 25.5. The number of halogens is 1. The van der Waals surface area contributed by atoms with Crippen molar-refractivity contribution in [3.05, 3.63) is 94.4 Å². The van der Waals surface area contributed by atoms with Gasteiger partial charge in [-0.1, -0.05) is 30.3 Å². The van der Waals surface area contributed by atoms with Crippen molar-refractivity contribution in [1.82, 2.24) is 9.55 Å². The number of ether oxygens (including phenoxy) is 1. The van der Waals surface area contributed by atoms with E-state index in [-0.39, 0.29) is 33.8 Å². The fourth-order valence-corrected chi connectivity index (χ4v) is 3.03. The van der Waals surface area contributed by atoms with Crippen molar-refractivity contribution in [2.75, 3.05) is 0 Å². The predicted octanol–water partition coefficient (Wildman–Crippen LogP) is 2.10. The SMILES string of the molecule is Cc1c(C(=O)OCc2ccccc2)[n+]([O-])c2cc(F)c(-n3ccnc3)cc2[n+]1[O-]. The monoisotopic (exact) mass is 394 g/mol. The van der Waals surface area contributed by atoms with Gasteiger partial charge in [-0.2, -0.15) is 4.73 Å². The lowest BCUT2D eigenvalue weighted by Gasteiger charge is -2.12. The lowest BCUT2D eigenvalue weighted by molar-refractivity contribution is -0.635. The van der Waals surface area contributed by atoms with E-state index in [0.29, 0.717) is 4.73 Å². The first-order valence-electron chi connectivity index (χ1n) is 8.65. The van der Waals surface area contributed by atoms with E-state index in [1.807, 2.05) is 6.07 Å². The fourth-order valence-electron chi connectivity index (χ4n) is 3.03. The van der Waals surface area contributed by atoms with Crippen molar-refractivity contribution in [2.24, 2.45) is 0 Å². The Morgan fingerprint density at radius 3 is 2.59 bits per heavy atom. The quantitative estimate of drug-likeness (QED) is 0.300. The highest BCUT2D eigenvalue weighted by molar-refractivity contribution is 5.87. The third kappa shape index (κ3) is 3.22. The van der Waals surface area contributed by atoms with Gasteiger partial charge in [-0.25, -0.2) is 14.2 Å². The van der Waals surface area contributed by atoms with Gasteiger partial charge in [0.1, 0.15) is 6.61 Å². The maximum atomic E-state index is 14.6. The van der Waals surface area contributed by atoms with Crippen molar-refractivity contribution < 1.29 is 23.4 Å². The average Bonchev–Trinajstić information content (AvgIpc) is 3.26. The topological polar surface area (TPSA) is 98.0 Å². The number of imidazole rings is 1. The lowest BCUT2D eigenvalue weighted by atomic mass is 10.2. The standard InChI is InChI=1S/C20H15FN4O4/c1-13-19(20(26)29-11-14-5-3-2-4-6-14)25(28)17-9-15(21)16(10-18(17)24(13)27)23-8-7-22-12-23/h2-10,12H,11H2,1H3. The maximum absolute atomic E-state index is 14.6. The molecule has 0 radical (unpaired) electrons. The van der Waals surface area contributed by atoms with Crippen LogP contribution in [-0.2, 0) is 11.3 Å². The molecule has 0 bridgehead atoms. The second-order valence-corrected chi connectivity index (χ2v) is 6.35. The molecule has 8 nitrogen and oxygen atoms in total. The van der Waals surface area contributed by atoms with Crippen molar-refractivity contribution in [3.8, 4) is 5.69 Å². The highest BCUT2D eigenvalue weighted by Gasteiger charge is 2.33. The van der Waals surface area contributed by atoms with Gasteiger partial charge in [0.25, 0.3) is 16.7 Å². The summed E-state index contributed by atoms with van der Waals surface area (Å²) in [6, 6.07) is 11.0. The first-order valence-corrected chi connectivity index (χ1v) is 8.65. The molecule has 2 aromatic carbocycles. The first-order chi connectivity index (χ1) is 14.0. The van der Waals surface area contributed by atoms with Crippen LogP contribution in [0.3, 0.4) is 0 Å². The zero-order valence-electron chi connectivity index (χ0n) is 15.3. The second-order valence-electron chi connectivity index (χ2n) is 6.35. The van der Waals surface area contributed by atoms with Crippen molar-refractivity contribution in [2.45, 2.75) is 13.5 Å². The molecule has 0 saturated heterocycles. The van der Waals surface area contributed by atoms with Gasteiger partial charge in [0.2, 0.25) is 0 Å². The van der Waals surface area contributed by atoms with E-state index in [9.17, 15) is 19.6 Å². The van der Waals surface area contributed by atoms with Gasteiger partial charge in [-0.05, 0) is 5.56 Å². The van der Waals surface area contributed by atoms with Gasteiger partial charge in [0.05, 0.1) is 18.1 Å². The Bertz CT molecular complexity index is 1210. The van der Waals surface area contributed by atoms with E-state index in [2.05, 4.69) is 4.98 Å². The summed E-state index contributed by atoms with van der Waals surface area (Å²) in [4.78, 5) is 16.3. The molecule has 9 heteroatoms. The number of rotatable bonds is 4. The number of fused-ring (bicyclic) bond motifs is 1. The van der Waals surface area contributed by atoms with Crippen LogP contribution in [0.25, 0.3) is 16.7 Å². The van der Waals surface area contributed by atoms with Gasteiger partial charge in [-0.15, -0.1) is 4.73 Å². The summed E-state index contributed by atoms with van der Waals surface area (Å²) in [5.41, 5.74) is -0.214. The molecule has 2 heterocycles. The minimum absolute atomic E-state index is 0.0541. The molecule has 0 fully saturated rings. The summed E-state index contributed by atoms with van der Waals surface area (Å²) in [6.45, 7) is 1.27. The van der Waals surface area contributed by atoms with Crippen LogP contribution in [0.5, 0.6) is 0 Å². The second kappa shape index (κ2) is 7.19. The fraction of sp³-hybridized carbons (Fsp3) is 0.100. The Morgan fingerprint density at radius 2 is 1.90 bits per heavy atom. The molecule has 0 saturated carbocycles. The van der Waals surface area contributed by atoms with Gasteiger partial charge in [0.15, 0.2) is 5.82 Å². The van der Waals surface area contributed by atoms with Crippen LogP contribution in [0.15, 0.2) is 61.2 Å².